The normalized spacial score (nSPS) is 16.8. The average Bonchev–Trinajstić information content (AvgIpc) is 2.30. The minimum absolute atomic E-state index is 0.900. The Labute approximate surface area is 106 Å². The Bertz CT molecular complexity index is 338. The van der Waals surface area contributed by atoms with Gasteiger partial charge in [-0.25, -0.2) is 9.59 Å². The lowest BCUT2D eigenvalue weighted by molar-refractivity contribution is -0.150. The largest absolute Gasteiger partial charge is 0.506 e. The highest BCUT2D eigenvalue weighted by Crippen LogP contribution is 2.10. The third-order valence-electron chi connectivity index (χ3n) is 2.00. The van der Waals surface area contributed by atoms with Gasteiger partial charge in [0, 0.05) is 0 Å². The smallest absolute Gasteiger partial charge is 0.450 e. The lowest BCUT2D eigenvalue weighted by atomic mass is 10.0. The summed E-state index contributed by atoms with van der Waals surface area (Å²) in [7, 11) is 0. The van der Waals surface area contributed by atoms with Gasteiger partial charge in [0.2, 0.25) is 5.78 Å². The summed E-state index contributed by atoms with van der Waals surface area (Å²) in [5.74, 6) is -1.19. The molecule has 0 rings (SSSR count). The maximum Gasteiger partial charge on any atom is 0.506 e. The Morgan fingerprint density at radius 2 is 1.58 bits per heavy atom. The van der Waals surface area contributed by atoms with Crippen LogP contribution in [-0.4, -0.2) is 74.6 Å². The zero-order valence-electron chi connectivity index (χ0n) is 9.79. The molecule has 1 unspecified atom stereocenters. The molecule has 0 saturated heterocycles. The first kappa shape index (κ1) is 17.1. The first-order valence-electron chi connectivity index (χ1n) is 5.00. The molecule has 110 valence electrons. The van der Waals surface area contributed by atoms with E-state index >= 15 is 0 Å². The molecule has 0 fully saturated rings. The highest BCUT2D eigenvalue weighted by molar-refractivity contribution is 5.88. The van der Waals surface area contributed by atoms with Gasteiger partial charge in [-0.3, -0.25) is 4.79 Å². The monoisotopic (exact) mass is 282 g/mol. The van der Waals surface area contributed by atoms with Crippen molar-refractivity contribution in [1.82, 2.24) is 0 Å². The summed E-state index contributed by atoms with van der Waals surface area (Å²) in [6, 6.07) is 0. The van der Waals surface area contributed by atoms with E-state index in [9.17, 15) is 24.6 Å². The molecular weight excluding hydrogens is 268 g/mol. The highest BCUT2D eigenvalue weighted by atomic mass is 16.7. The minimum atomic E-state index is -2.09. The van der Waals surface area contributed by atoms with Gasteiger partial charge in [-0.2, -0.15) is 0 Å². The van der Waals surface area contributed by atoms with Gasteiger partial charge >= 0.3 is 12.3 Å². The van der Waals surface area contributed by atoms with Crippen LogP contribution in [0, 0.1) is 0 Å². The summed E-state index contributed by atoms with van der Waals surface area (Å²) in [5.41, 5.74) is 0. The van der Waals surface area contributed by atoms with Crippen molar-refractivity contribution < 1.29 is 49.4 Å². The van der Waals surface area contributed by atoms with Crippen molar-refractivity contribution in [2.45, 2.75) is 31.3 Å². The van der Waals surface area contributed by atoms with Crippen molar-refractivity contribution in [3.8, 4) is 0 Å². The lowest BCUT2D eigenvalue weighted by Crippen LogP contribution is -2.49. The van der Waals surface area contributed by atoms with E-state index in [1.54, 1.807) is 0 Å². The Balaban J connectivity index is 4.78. The van der Waals surface area contributed by atoms with Crippen LogP contribution in [0.5, 0.6) is 0 Å². The molecule has 0 aliphatic rings. The molecular formula is C9H14O10. The number of hydrogen-bond donors (Lipinski definition) is 5. The number of aliphatic hydroxyl groups excluding tert-OH is 3. The molecule has 10 heteroatoms. The number of ether oxygens (including phenoxy) is 2. The summed E-state index contributed by atoms with van der Waals surface area (Å²) in [5, 5.41) is 44.4. The van der Waals surface area contributed by atoms with Crippen LogP contribution in [0.25, 0.3) is 0 Å². The molecule has 5 N–H and O–H groups in total. The SMILES string of the molecule is CC(O)C(=O)[C@@H](OC(=O)O)[C@H](O)[C@H](O)COC(=O)O. The van der Waals surface area contributed by atoms with E-state index in [1.807, 2.05) is 0 Å². The minimum Gasteiger partial charge on any atom is -0.450 e. The Morgan fingerprint density at radius 3 is 1.95 bits per heavy atom. The van der Waals surface area contributed by atoms with E-state index < -0.39 is 49.1 Å². The Hall–Kier alpha value is -1.91. The van der Waals surface area contributed by atoms with Crippen LogP contribution in [-0.2, 0) is 14.3 Å². The van der Waals surface area contributed by atoms with Gasteiger partial charge in [0.1, 0.15) is 24.9 Å². The van der Waals surface area contributed by atoms with Crippen molar-refractivity contribution in [2.75, 3.05) is 6.61 Å². The first-order valence-corrected chi connectivity index (χ1v) is 5.00. The number of carbonyl (C=O) groups is 3. The Morgan fingerprint density at radius 1 is 1.05 bits per heavy atom. The van der Waals surface area contributed by atoms with Crippen LogP contribution in [0.1, 0.15) is 6.92 Å². The zero-order valence-corrected chi connectivity index (χ0v) is 9.79. The van der Waals surface area contributed by atoms with E-state index in [2.05, 4.69) is 9.47 Å². The second kappa shape index (κ2) is 7.51. The molecule has 0 aliphatic heterocycles. The number of carboxylic acid groups (broad SMARTS) is 2. The Kier molecular flexibility index (Phi) is 6.75. The van der Waals surface area contributed by atoms with Gasteiger partial charge in [-0.05, 0) is 6.92 Å². The number of Topliss-reactive ketones (excluding diaryl/α,β-unsaturated/α-hetero) is 1. The molecule has 0 radical (unpaired) electrons. The fourth-order valence-corrected chi connectivity index (χ4v) is 1.10. The molecule has 0 aromatic rings. The number of carbonyl (C=O) groups excluding carboxylic acids is 1. The molecule has 10 nitrogen and oxygen atoms in total. The van der Waals surface area contributed by atoms with Crippen molar-refractivity contribution in [3.63, 3.8) is 0 Å². The molecule has 0 amide bonds. The fraction of sp³-hybridized carbons (Fsp3) is 0.667. The predicted molar refractivity (Wildman–Crippen MR) is 55.6 cm³/mol. The highest BCUT2D eigenvalue weighted by Gasteiger charge is 2.37. The van der Waals surface area contributed by atoms with Crippen molar-refractivity contribution in [3.05, 3.63) is 0 Å². The summed E-state index contributed by atoms with van der Waals surface area (Å²) >= 11 is 0. The van der Waals surface area contributed by atoms with Crippen LogP contribution in [0.4, 0.5) is 9.59 Å². The van der Waals surface area contributed by atoms with Gasteiger partial charge in [-0.15, -0.1) is 0 Å². The third-order valence-corrected chi connectivity index (χ3v) is 2.00. The molecule has 0 aliphatic carbocycles. The van der Waals surface area contributed by atoms with Crippen LogP contribution in [0.15, 0.2) is 0 Å². The van der Waals surface area contributed by atoms with Crippen LogP contribution in [0.3, 0.4) is 0 Å². The second-order valence-electron chi connectivity index (χ2n) is 3.52. The van der Waals surface area contributed by atoms with Crippen LogP contribution in [0.2, 0.25) is 0 Å². The van der Waals surface area contributed by atoms with Gasteiger partial charge in [0.05, 0.1) is 0 Å². The standard InChI is InChI=1S/C9H14O10/c1-3(10)5(12)7(19-9(16)17)6(13)4(11)2-18-8(14)15/h3-4,6-7,10-11,13H,2H2,1H3,(H,14,15)(H,16,17)/t3?,4-,6-,7-/m1/s1. The summed E-state index contributed by atoms with van der Waals surface area (Å²) in [4.78, 5) is 31.8. The van der Waals surface area contributed by atoms with E-state index in [1.165, 1.54) is 0 Å². The third kappa shape index (κ3) is 5.99. The van der Waals surface area contributed by atoms with Crippen LogP contribution >= 0.6 is 0 Å². The molecule has 0 heterocycles. The molecule has 0 aromatic heterocycles. The van der Waals surface area contributed by atoms with E-state index in [4.69, 9.17) is 15.3 Å². The van der Waals surface area contributed by atoms with Gasteiger partial charge in [0.15, 0.2) is 6.10 Å². The topological polar surface area (TPSA) is 171 Å². The molecule has 0 aromatic carbocycles. The predicted octanol–water partition coefficient (Wildman–Crippen LogP) is -1.58. The second-order valence-corrected chi connectivity index (χ2v) is 3.52. The zero-order chi connectivity index (χ0) is 15.2. The summed E-state index contributed by atoms with van der Waals surface area (Å²) in [6.45, 7) is 0.108. The number of hydrogen-bond acceptors (Lipinski definition) is 8. The molecule has 19 heavy (non-hydrogen) atoms. The molecule has 0 bridgehead atoms. The maximum absolute atomic E-state index is 11.4. The summed E-state index contributed by atoms with van der Waals surface area (Å²) in [6.07, 6.45) is -11.3. The first-order chi connectivity index (χ1) is 8.66. The molecule has 0 saturated carbocycles. The van der Waals surface area contributed by atoms with Crippen molar-refractivity contribution >= 4 is 18.1 Å². The van der Waals surface area contributed by atoms with Gasteiger partial charge in [-0.1, -0.05) is 0 Å². The van der Waals surface area contributed by atoms with Gasteiger partial charge < -0.3 is 35.0 Å². The number of aliphatic hydroxyl groups is 3. The van der Waals surface area contributed by atoms with Crippen LogP contribution < -0.4 is 0 Å². The van der Waals surface area contributed by atoms with Crippen molar-refractivity contribution in [1.29, 1.82) is 0 Å². The average molecular weight is 282 g/mol. The maximum atomic E-state index is 11.4. The number of ketones is 1. The fourth-order valence-electron chi connectivity index (χ4n) is 1.10. The van der Waals surface area contributed by atoms with E-state index in [-0.39, 0.29) is 0 Å². The lowest BCUT2D eigenvalue weighted by Gasteiger charge is -2.24. The van der Waals surface area contributed by atoms with Crippen molar-refractivity contribution in [2.24, 2.45) is 0 Å². The van der Waals surface area contributed by atoms with E-state index in [0.29, 0.717) is 0 Å². The molecule has 4 atom stereocenters. The van der Waals surface area contributed by atoms with Gasteiger partial charge in [0.25, 0.3) is 0 Å². The molecule has 0 spiro atoms. The summed E-state index contributed by atoms with van der Waals surface area (Å²) < 4.78 is 8.01. The number of rotatable bonds is 7. The van der Waals surface area contributed by atoms with E-state index in [0.717, 1.165) is 6.92 Å². The quantitative estimate of drug-likeness (QED) is 0.343.